The van der Waals surface area contributed by atoms with Crippen molar-refractivity contribution >= 4 is 23.5 Å². The SMILES string of the molecule is CN=C(NCCNC(=O)C1CC1)N(C)Cc1ccccc1Cl. The van der Waals surface area contributed by atoms with Crippen LogP contribution in [0.1, 0.15) is 18.4 Å². The Morgan fingerprint density at radius 3 is 2.64 bits per heavy atom. The maximum absolute atomic E-state index is 11.5. The number of halogens is 1. The molecule has 1 aromatic carbocycles. The summed E-state index contributed by atoms with van der Waals surface area (Å²) < 4.78 is 0. The summed E-state index contributed by atoms with van der Waals surface area (Å²) in [6.07, 6.45) is 2.06. The Hall–Kier alpha value is -1.75. The highest BCUT2D eigenvalue weighted by molar-refractivity contribution is 6.31. The van der Waals surface area contributed by atoms with Gasteiger partial charge in [0.05, 0.1) is 0 Å². The molecule has 0 heterocycles. The minimum Gasteiger partial charge on any atom is -0.354 e. The Morgan fingerprint density at radius 2 is 2.00 bits per heavy atom. The number of carbonyl (C=O) groups excluding carboxylic acids is 1. The van der Waals surface area contributed by atoms with Gasteiger partial charge in [0.1, 0.15) is 0 Å². The van der Waals surface area contributed by atoms with Crippen LogP contribution < -0.4 is 10.6 Å². The molecule has 0 aliphatic heterocycles. The lowest BCUT2D eigenvalue weighted by Crippen LogP contribution is -2.42. The van der Waals surface area contributed by atoms with Gasteiger partial charge in [0.25, 0.3) is 0 Å². The monoisotopic (exact) mass is 322 g/mol. The van der Waals surface area contributed by atoms with Gasteiger partial charge in [-0.1, -0.05) is 29.8 Å². The highest BCUT2D eigenvalue weighted by Gasteiger charge is 2.28. The van der Waals surface area contributed by atoms with Crippen molar-refractivity contribution in [3.8, 4) is 0 Å². The molecule has 0 radical (unpaired) electrons. The quantitative estimate of drug-likeness (QED) is 0.477. The molecule has 22 heavy (non-hydrogen) atoms. The number of aliphatic imine (C=N–C) groups is 1. The second-order valence-corrected chi connectivity index (χ2v) is 5.89. The van der Waals surface area contributed by atoms with E-state index in [2.05, 4.69) is 15.6 Å². The van der Waals surface area contributed by atoms with Crippen molar-refractivity contribution in [3.63, 3.8) is 0 Å². The molecule has 1 amide bonds. The number of benzene rings is 1. The molecule has 1 fully saturated rings. The number of rotatable bonds is 6. The van der Waals surface area contributed by atoms with Crippen molar-refractivity contribution in [2.45, 2.75) is 19.4 Å². The number of carbonyl (C=O) groups is 1. The minimum atomic E-state index is 0.168. The predicted molar refractivity (Wildman–Crippen MR) is 90.0 cm³/mol. The molecule has 0 unspecified atom stereocenters. The standard InChI is InChI=1S/C16H23ClN4O/c1-18-16(20-10-9-19-15(22)12-7-8-12)21(2)11-13-5-3-4-6-14(13)17/h3-6,12H,7-11H2,1-2H3,(H,18,20)(H,19,22). The van der Waals surface area contributed by atoms with Crippen LogP contribution in [0, 0.1) is 5.92 Å². The van der Waals surface area contributed by atoms with Gasteiger partial charge in [0.2, 0.25) is 5.91 Å². The summed E-state index contributed by atoms with van der Waals surface area (Å²) >= 11 is 6.18. The van der Waals surface area contributed by atoms with Crippen molar-refractivity contribution in [3.05, 3.63) is 34.9 Å². The third-order valence-corrected chi connectivity index (χ3v) is 3.96. The van der Waals surface area contributed by atoms with Crippen LogP contribution in [0.25, 0.3) is 0 Å². The van der Waals surface area contributed by atoms with Crippen LogP contribution in [-0.2, 0) is 11.3 Å². The van der Waals surface area contributed by atoms with E-state index < -0.39 is 0 Å². The Morgan fingerprint density at radius 1 is 1.32 bits per heavy atom. The normalized spacial score (nSPS) is 14.6. The Bertz CT molecular complexity index is 543. The zero-order valence-electron chi connectivity index (χ0n) is 13.1. The van der Waals surface area contributed by atoms with E-state index in [-0.39, 0.29) is 11.8 Å². The molecule has 1 saturated carbocycles. The van der Waals surface area contributed by atoms with Crippen molar-refractivity contribution < 1.29 is 4.79 Å². The lowest BCUT2D eigenvalue weighted by atomic mass is 10.2. The van der Waals surface area contributed by atoms with Crippen molar-refractivity contribution in [2.75, 3.05) is 27.2 Å². The van der Waals surface area contributed by atoms with Crippen molar-refractivity contribution in [1.82, 2.24) is 15.5 Å². The minimum absolute atomic E-state index is 0.168. The van der Waals surface area contributed by atoms with Crippen LogP contribution in [0.15, 0.2) is 29.3 Å². The van der Waals surface area contributed by atoms with Crippen LogP contribution in [-0.4, -0.2) is 44.0 Å². The summed E-state index contributed by atoms with van der Waals surface area (Å²) in [6, 6.07) is 7.77. The van der Waals surface area contributed by atoms with Crippen LogP contribution in [0.5, 0.6) is 0 Å². The number of nitrogens with one attached hydrogen (secondary N) is 2. The maximum Gasteiger partial charge on any atom is 0.223 e. The summed E-state index contributed by atoms with van der Waals surface area (Å²) in [5.74, 6) is 1.20. The lowest BCUT2D eigenvalue weighted by Gasteiger charge is -2.22. The smallest absolute Gasteiger partial charge is 0.223 e. The fraction of sp³-hybridized carbons (Fsp3) is 0.500. The molecular formula is C16H23ClN4O. The zero-order chi connectivity index (χ0) is 15.9. The van der Waals surface area contributed by atoms with Crippen LogP contribution in [0.3, 0.4) is 0 Å². The van der Waals surface area contributed by atoms with E-state index in [0.29, 0.717) is 19.6 Å². The molecule has 120 valence electrons. The molecule has 2 N–H and O–H groups in total. The molecule has 1 aliphatic carbocycles. The molecule has 0 saturated heterocycles. The van der Waals surface area contributed by atoms with Gasteiger partial charge in [-0.25, -0.2) is 0 Å². The third kappa shape index (κ3) is 4.91. The van der Waals surface area contributed by atoms with Gasteiger partial charge in [0.15, 0.2) is 5.96 Å². The van der Waals surface area contributed by atoms with E-state index >= 15 is 0 Å². The molecule has 0 bridgehead atoms. The van der Waals surface area contributed by atoms with Crippen LogP contribution >= 0.6 is 11.6 Å². The largest absolute Gasteiger partial charge is 0.354 e. The molecule has 0 atom stereocenters. The number of hydrogen-bond acceptors (Lipinski definition) is 2. The van der Waals surface area contributed by atoms with E-state index in [1.807, 2.05) is 36.2 Å². The first-order chi connectivity index (χ1) is 10.6. The highest BCUT2D eigenvalue weighted by atomic mass is 35.5. The molecule has 0 aromatic heterocycles. The average molecular weight is 323 g/mol. The average Bonchev–Trinajstić information content (AvgIpc) is 3.34. The van der Waals surface area contributed by atoms with Crippen LogP contribution in [0.4, 0.5) is 0 Å². The van der Waals surface area contributed by atoms with Crippen molar-refractivity contribution in [1.29, 1.82) is 0 Å². The van der Waals surface area contributed by atoms with Gasteiger partial charge in [0, 0.05) is 44.7 Å². The van der Waals surface area contributed by atoms with Gasteiger partial charge in [-0.15, -0.1) is 0 Å². The molecule has 1 aliphatic rings. The predicted octanol–water partition coefficient (Wildman–Crippen LogP) is 1.87. The maximum atomic E-state index is 11.5. The fourth-order valence-electron chi connectivity index (χ4n) is 2.19. The van der Waals surface area contributed by atoms with Gasteiger partial charge < -0.3 is 15.5 Å². The Kier molecular flexibility index (Phi) is 6.07. The second kappa shape index (κ2) is 8.03. The third-order valence-electron chi connectivity index (χ3n) is 3.59. The van der Waals surface area contributed by atoms with Gasteiger partial charge in [-0.2, -0.15) is 0 Å². The van der Waals surface area contributed by atoms with E-state index in [0.717, 1.165) is 29.4 Å². The molecule has 5 nitrogen and oxygen atoms in total. The van der Waals surface area contributed by atoms with Crippen LogP contribution in [0.2, 0.25) is 5.02 Å². The van der Waals surface area contributed by atoms with E-state index in [4.69, 9.17) is 11.6 Å². The van der Waals surface area contributed by atoms with Gasteiger partial charge >= 0.3 is 0 Å². The number of hydrogen-bond donors (Lipinski definition) is 2. The topological polar surface area (TPSA) is 56.7 Å². The number of amides is 1. The van der Waals surface area contributed by atoms with E-state index in [9.17, 15) is 4.79 Å². The molecule has 0 spiro atoms. The second-order valence-electron chi connectivity index (χ2n) is 5.49. The zero-order valence-corrected chi connectivity index (χ0v) is 13.9. The number of nitrogens with zero attached hydrogens (tertiary/aromatic N) is 2. The van der Waals surface area contributed by atoms with Crippen molar-refractivity contribution in [2.24, 2.45) is 10.9 Å². The summed E-state index contributed by atoms with van der Waals surface area (Å²) in [7, 11) is 3.70. The summed E-state index contributed by atoms with van der Waals surface area (Å²) in [4.78, 5) is 17.8. The van der Waals surface area contributed by atoms with E-state index in [1.165, 1.54) is 0 Å². The Balaban J connectivity index is 1.75. The Labute approximate surface area is 136 Å². The molecule has 1 aromatic rings. The fourth-order valence-corrected chi connectivity index (χ4v) is 2.39. The van der Waals surface area contributed by atoms with Gasteiger partial charge in [-0.3, -0.25) is 9.79 Å². The first-order valence-electron chi connectivity index (χ1n) is 7.54. The molecular weight excluding hydrogens is 300 g/mol. The first-order valence-corrected chi connectivity index (χ1v) is 7.92. The summed E-state index contributed by atoms with van der Waals surface area (Å²) in [6.45, 7) is 1.93. The lowest BCUT2D eigenvalue weighted by molar-refractivity contribution is -0.122. The number of guanidine groups is 1. The summed E-state index contributed by atoms with van der Waals surface area (Å²) in [5.41, 5.74) is 1.05. The van der Waals surface area contributed by atoms with E-state index in [1.54, 1.807) is 7.05 Å². The summed E-state index contributed by atoms with van der Waals surface area (Å²) in [5, 5.41) is 6.92. The molecule has 2 rings (SSSR count). The molecule has 6 heteroatoms. The first kappa shape index (κ1) is 16.6. The highest BCUT2D eigenvalue weighted by Crippen LogP contribution is 2.28. The van der Waals surface area contributed by atoms with Gasteiger partial charge in [-0.05, 0) is 24.5 Å².